The Kier molecular flexibility index (Phi) is 3.22. The summed E-state index contributed by atoms with van der Waals surface area (Å²) in [6.45, 7) is 1.44. The van der Waals surface area contributed by atoms with E-state index in [4.69, 9.17) is 11.6 Å². The van der Waals surface area contributed by atoms with Crippen LogP contribution in [-0.4, -0.2) is 12.1 Å². The van der Waals surface area contributed by atoms with Gasteiger partial charge in [0.2, 0.25) is 0 Å². The minimum absolute atomic E-state index is 0.0833. The van der Waals surface area contributed by atoms with Gasteiger partial charge in [-0.05, 0) is 35.0 Å². The molecule has 0 fully saturated rings. The van der Waals surface area contributed by atoms with E-state index in [2.05, 4.69) is 15.9 Å². The highest BCUT2D eigenvalue weighted by Crippen LogP contribution is 2.25. The third-order valence-corrected chi connectivity index (χ3v) is 2.57. The van der Waals surface area contributed by atoms with Gasteiger partial charge in [-0.3, -0.25) is 9.59 Å². The molecule has 1 rings (SSSR count). The van der Waals surface area contributed by atoms with Crippen LogP contribution in [0.3, 0.4) is 0 Å². The second-order valence-electron chi connectivity index (χ2n) is 2.53. The molecule has 0 spiro atoms. The van der Waals surface area contributed by atoms with Crippen molar-refractivity contribution in [1.82, 2.24) is 0 Å². The smallest absolute Gasteiger partial charge is 0.159 e. The van der Waals surface area contributed by atoms with Crippen LogP contribution in [0.5, 0.6) is 0 Å². The van der Waals surface area contributed by atoms with Crippen LogP contribution in [-0.2, 0) is 0 Å². The molecule has 1 aromatic carbocycles. The van der Waals surface area contributed by atoms with E-state index in [0.29, 0.717) is 21.9 Å². The van der Waals surface area contributed by atoms with Gasteiger partial charge >= 0.3 is 0 Å². The summed E-state index contributed by atoms with van der Waals surface area (Å²) in [4.78, 5) is 21.5. The molecule has 2 nitrogen and oxygen atoms in total. The molecule has 4 heteroatoms. The SMILES string of the molecule is CC(=O)c1cc(Cl)c(C=O)c(Br)c1. The average molecular weight is 262 g/mol. The minimum Gasteiger partial charge on any atom is -0.298 e. The van der Waals surface area contributed by atoms with Gasteiger partial charge in [0.25, 0.3) is 0 Å². The molecule has 0 saturated heterocycles. The predicted octanol–water partition coefficient (Wildman–Crippen LogP) is 3.12. The topological polar surface area (TPSA) is 34.1 Å². The fourth-order valence-electron chi connectivity index (χ4n) is 0.900. The fraction of sp³-hybridized carbons (Fsp3) is 0.111. The molecular weight excluding hydrogens is 255 g/mol. The van der Waals surface area contributed by atoms with Crippen molar-refractivity contribution in [3.8, 4) is 0 Å². The quantitative estimate of drug-likeness (QED) is 0.605. The van der Waals surface area contributed by atoms with Crippen LogP contribution in [0.15, 0.2) is 16.6 Å². The maximum atomic E-state index is 11.0. The fourth-order valence-corrected chi connectivity index (χ4v) is 1.83. The molecule has 0 aromatic heterocycles. The number of Topliss-reactive ketones (excluding diaryl/α,β-unsaturated/α-hetero) is 1. The lowest BCUT2D eigenvalue weighted by molar-refractivity contribution is 0.101. The van der Waals surface area contributed by atoms with Crippen LogP contribution < -0.4 is 0 Å². The van der Waals surface area contributed by atoms with Gasteiger partial charge in [-0.1, -0.05) is 11.6 Å². The maximum absolute atomic E-state index is 11.0. The van der Waals surface area contributed by atoms with Crippen molar-refractivity contribution in [1.29, 1.82) is 0 Å². The first-order chi connectivity index (χ1) is 6.06. The molecule has 68 valence electrons. The van der Waals surface area contributed by atoms with Crippen molar-refractivity contribution in [3.63, 3.8) is 0 Å². The Morgan fingerprint density at radius 3 is 2.54 bits per heavy atom. The summed E-state index contributed by atoms with van der Waals surface area (Å²) in [7, 11) is 0. The zero-order valence-electron chi connectivity index (χ0n) is 6.80. The van der Waals surface area contributed by atoms with Crippen LogP contribution in [0.2, 0.25) is 5.02 Å². The maximum Gasteiger partial charge on any atom is 0.159 e. The summed E-state index contributed by atoms with van der Waals surface area (Å²) in [5.41, 5.74) is 0.856. The van der Waals surface area contributed by atoms with Crippen LogP contribution in [0, 0.1) is 0 Å². The first-order valence-electron chi connectivity index (χ1n) is 3.51. The Morgan fingerprint density at radius 1 is 1.54 bits per heavy atom. The van der Waals surface area contributed by atoms with E-state index in [1.54, 1.807) is 6.07 Å². The van der Waals surface area contributed by atoms with Crippen molar-refractivity contribution in [3.05, 3.63) is 32.8 Å². The van der Waals surface area contributed by atoms with E-state index in [-0.39, 0.29) is 10.8 Å². The molecule has 0 atom stereocenters. The lowest BCUT2D eigenvalue weighted by Crippen LogP contribution is -1.94. The summed E-state index contributed by atoms with van der Waals surface area (Å²) in [5.74, 6) is -0.0833. The molecule has 0 amide bonds. The number of aldehydes is 1. The van der Waals surface area contributed by atoms with Crippen LogP contribution in [0.25, 0.3) is 0 Å². The van der Waals surface area contributed by atoms with E-state index >= 15 is 0 Å². The highest BCUT2D eigenvalue weighted by molar-refractivity contribution is 9.10. The number of carbonyl (C=O) groups excluding carboxylic acids is 2. The predicted molar refractivity (Wildman–Crippen MR) is 54.5 cm³/mol. The number of rotatable bonds is 2. The van der Waals surface area contributed by atoms with Crippen molar-refractivity contribution in [2.75, 3.05) is 0 Å². The van der Waals surface area contributed by atoms with Gasteiger partial charge in [0, 0.05) is 15.6 Å². The molecule has 1 aromatic rings. The number of hydrogen-bond acceptors (Lipinski definition) is 2. The summed E-state index contributed by atoms with van der Waals surface area (Å²) in [6.07, 6.45) is 0.649. The molecule has 0 aliphatic carbocycles. The second-order valence-corrected chi connectivity index (χ2v) is 3.79. The first kappa shape index (κ1) is 10.4. The average Bonchev–Trinajstić information content (AvgIpc) is 2.03. The number of hydrogen-bond donors (Lipinski definition) is 0. The Balaban J connectivity index is 3.36. The molecule has 0 saturated carbocycles. The van der Waals surface area contributed by atoms with E-state index in [1.807, 2.05) is 0 Å². The number of benzene rings is 1. The van der Waals surface area contributed by atoms with Gasteiger partial charge < -0.3 is 0 Å². The third-order valence-electron chi connectivity index (χ3n) is 1.60. The highest BCUT2D eigenvalue weighted by atomic mass is 79.9. The third kappa shape index (κ3) is 2.17. The summed E-state index contributed by atoms with van der Waals surface area (Å²) in [5, 5.41) is 0.287. The first-order valence-corrected chi connectivity index (χ1v) is 4.68. The molecule has 0 N–H and O–H groups in total. The Bertz CT molecular complexity index is 351. The summed E-state index contributed by atoms with van der Waals surface area (Å²) in [6, 6.07) is 3.07. The zero-order chi connectivity index (χ0) is 10.0. The Labute approximate surface area is 89.0 Å². The molecule has 0 heterocycles. The molecule has 0 unspecified atom stereocenters. The Morgan fingerprint density at radius 2 is 2.15 bits per heavy atom. The van der Waals surface area contributed by atoms with Crippen molar-refractivity contribution in [2.24, 2.45) is 0 Å². The van der Waals surface area contributed by atoms with Gasteiger partial charge in [0.05, 0.1) is 5.02 Å². The Hall–Kier alpha value is -0.670. The second kappa shape index (κ2) is 4.03. The summed E-state index contributed by atoms with van der Waals surface area (Å²) >= 11 is 8.92. The van der Waals surface area contributed by atoms with Gasteiger partial charge in [0.1, 0.15) is 0 Å². The number of halogens is 2. The molecule has 13 heavy (non-hydrogen) atoms. The lowest BCUT2D eigenvalue weighted by atomic mass is 10.1. The van der Waals surface area contributed by atoms with Gasteiger partial charge in [-0.2, -0.15) is 0 Å². The molecule has 0 aliphatic heterocycles. The number of ketones is 1. The lowest BCUT2D eigenvalue weighted by Gasteiger charge is -2.02. The zero-order valence-corrected chi connectivity index (χ0v) is 9.15. The summed E-state index contributed by atoms with van der Waals surface area (Å²) < 4.78 is 0.542. The molecule has 0 radical (unpaired) electrons. The molecule has 0 bridgehead atoms. The van der Waals surface area contributed by atoms with E-state index in [0.717, 1.165) is 0 Å². The van der Waals surface area contributed by atoms with Gasteiger partial charge in [-0.15, -0.1) is 0 Å². The standard InChI is InChI=1S/C9H6BrClO2/c1-5(13)6-2-8(10)7(4-12)9(11)3-6/h2-4H,1H3. The van der Waals surface area contributed by atoms with E-state index in [9.17, 15) is 9.59 Å². The van der Waals surface area contributed by atoms with Crippen LogP contribution in [0.1, 0.15) is 27.6 Å². The monoisotopic (exact) mass is 260 g/mol. The van der Waals surface area contributed by atoms with E-state index in [1.165, 1.54) is 13.0 Å². The highest BCUT2D eigenvalue weighted by Gasteiger charge is 2.08. The van der Waals surface area contributed by atoms with Crippen LogP contribution in [0.4, 0.5) is 0 Å². The molecule has 0 aliphatic rings. The van der Waals surface area contributed by atoms with Crippen molar-refractivity contribution >= 4 is 39.6 Å². The normalized spacial score (nSPS) is 9.77. The van der Waals surface area contributed by atoms with E-state index < -0.39 is 0 Å². The minimum atomic E-state index is -0.0833. The van der Waals surface area contributed by atoms with Gasteiger partial charge in [0.15, 0.2) is 12.1 Å². The van der Waals surface area contributed by atoms with Crippen molar-refractivity contribution in [2.45, 2.75) is 6.92 Å². The van der Waals surface area contributed by atoms with Gasteiger partial charge in [-0.25, -0.2) is 0 Å². The van der Waals surface area contributed by atoms with Crippen molar-refractivity contribution < 1.29 is 9.59 Å². The largest absolute Gasteiger partial charge is 0.298 e. The number of carbonyl (C=O) groups is 2. The molecular formula is C9H6BrClO2. The van der Waals surface area contributed by atoms with Crippen LogP contribution >= 0.6 is 27.5 Å².